The molecule has 8 nitrogen and oxygen atoms in total. The maximum absolute atomic E-state index is 13.2. The van der Waals surface area contributed by atoms with E-state index in [0.717, 1.165) is 49.8 Å². The summed E-state index contributed by atoms with van der Waals surface area (Å²) in [7, 11) is 3.14. The molecule has 182 valence electrons. The number of rotatable bonds is 7. The second-order valence-electron chi connectivity index (χ2n) is 8.77. The molecule has 1 saturated heterocycles. The van der Waals surface area contributed by atoms with Crippen molar-refractivity contribution in [2.24, 2.45) is 4.99 Å². The lowest BCUT2D eigenvalue weighted by molar-refractivity contribution is 0.102. The number of nitrogens with zero attached hydrogens (tertiary/aromatic N) is 3. The van der Waals surface area contributed by atoms with Crippen LogP contribution in [-0.4, -0.2) is 74.5 Å². The molecule has 2 aromatic rings. The van der Waals surface area contributed by atoms with Gasteiger partial charge >= 0.3 is 0 Å². The molecule has 2 atom stereocenters. The van der Waals surface area contributed by atoms with Crippen LogP contribution in [0.25, 0.3) is 0 Å². The van der Waals surface area contributed by atoms with Crippen LogP contribution in [0.4, 0.5) is 5.69 Å². The summed E-state index contributed by atoms with van der Waals surface area (Å²) in [6, 6.07) is 13.2. The third kappa shape index (κ3) is 4.80. The van der Waals surface area contributed by atoms with E-state index < -0.39 is 0 Å². The fourth-order valence-electron chi connectivity index (χ4n) is 4.88. The number of methoxy groups -OCH3 is 2. The molecule has 0 aromatic heterocycles. The monoisotopic (exact) mass is 473 g/mol. The SMILES string of the molecule is COc1ccc(C(=O)Nc2ccccc2C2N=C3C=CC=CN3C2CN2CCNCC2)cc1OC. The number of aliphatic imine (C=N–C) groups is 1. The van der Waals surface area contributed by atoms with Gasteiger partial charge in [-0.15, -0.1) is 0 Å². The molecule has 0 radical (unpaired) electrons. The second-order valence-corrected chi connectivity index (χ2v) is 8.77. The number of hydrogen-bond acceptors (Lipinski definition) is 7. The quantitative estimate of drug-likeness (QED) is 0.644. The van der Waals surface area contributed by atoms with Crippen LogP contribution in [0.5, 0.6) is 11.5 Å². The number of carbonyl (C=O) groups excluding carboxylic acids is 1. The first-order valence-electron chi connectivity index (χ1n) is 11.9. The molecule has 1 amide bonds. The number of para-hydroxylation sites is 1. The highest BCUT2D eigenvalue weighted by molar-refractivity contribution is 6.05. The number of hydrogen-bond donors (Lipinski definition) is 2. The first-order valence-corrected chi connectivity index (χ1v) is 11.9. The fraction of sp³-hybridized carbons (Fsp3) is 0.333. The van der Waals surface area contributed by atoms with E-state index in [2.05, 4.69) is 44.9 Å². The molecule has 0 bridgehead atoms. The normalized spacial score (nSPS) is 21.4. The van der Waals surface area contributed by atoms with Gasteiger partial charge in [-0.25, -0.2) is 0 Å². The highest BCUT2D eigenvalue weighted by atomic mass is 16.5. The third-order valence-corrected chi connectivity index (χ3v) is 6.69. The average molecular weight is 474 g/mol. The van der Waals surface area contributed by atoms with Crippen LogP contribution in [0, 0.1) is 0 Å². The number of nitrogens with one attached hydrogen (secondary N) is 2. The molecule has 5 rings (SSSR count). The van der Waals surface area contributed by atoms with Gasteiger partial charge in [-0.05, 0) is 36.4 Å². The standard InChI is InChI=1S/C27H31N5O3/c1-34-23-11-10-19(17-24(23)35-2)27(33)29-21-8-4-3-7-20(21)26-22(18-31-15-12-28-13-16-31)32-14-6-5-9-25(32)30-26/h3-11,14,17,22,26,28H,12-13,15-16,18H2,1-2H3,(H,29,33). The summed E-state index contributed by atoms with van der Waals surface area (Å²) in [5.41, 5.74) is 2.26. The van der Waals surface area contributed by atoms with E-state index in [1.165, 1.54) is 0 Å². The van der Waals surface area contributed by atoms with E-state index in [9.17, 15) is 4.79 Å². The van der Waals surface area contributed by atoms with Gasteiger partial charge in [0.2, 0.25) is 0 Å². The Morgan fingerprint density at radius 1 is 1.09 bits per heavy atom. The van der Waals surface area contributed by atoms with Crippen LogP contribution in [0.15, 0.2) is 71.9 Å². The van der Waals surface area contributed by atoms with Crippen LogP contribution >= 0.6 is 0 Å². The average Bonchev–Trinajstić information content (AvgIpc) is 3.27. The molecule has 0 saturated carbocycles. The predicted molar refractivity (Wildman–Crippen MR) is 137 cm³/mol. The highest BCUT2D eigenvalue weighted by Gasteiger charge is 2.38. The van der Waals surface area contributed by atoms with E-state index >= 15 is 0 Å². The Kier molecular flexibility index (Phi) is 6.83. The van der Waals surface area contributed by atoms with Crippen LogP contribution in [0.3, 0.4) is 0 Å². The zero-order valence-electron chi connectivity index (χ0n) is 20.1. The van der Waals surface area contributed by atoms with Gasteiger partial charge in [0.05, 0.1) is 20.3 Å². The van der Waals surface area contributed by atoms with Gasteiger partial charge < -0.3 is 25.0 Å². The zero-order chi connectivity index (χ0) is 24.2. The number of amidine groups is 1. The molecule has 3 heterocycles. The molecule has 1 fully saturated rings. The molecule has 2 aromatic carbocycles. The Balaban J connectivity index is 1.43. The van der Waals surface area contributed by atoms with Crippen LogP contribution in [0.2, 0.25) is 0 Å². The van der Waals surface area contributed by atoms with Crippen molar-refractivity contribution in [3.05, 3.63) is 78.0 Å². The van der Waals surface area contributed by atoms with Gasteiger partial charge in [0, 0.05) is 55.7 Å². The number of benzene rings is 2. The summed E-state index contributed by atoms with van der Waals surface area (Å²) in [6.45, 7) is 4.93. The van der Waals surface area contributed by atoms with E-state index in [4.69, 9.17) is 14.5 Å². The lowest BCUT2D eigenvalue weighted by atomic mass is 9.97. The number of piperazine rings is 1. The van der Waals surface area contributed by atoms with Crippen LogP contribution < -0.4 is 20.1 Å². The largest absolute Gasteiger partial charge is 0.493 e. The van der Waals surface area contributed by atoms with Crippen molar-refractivity contribution in [2.75, 3.05) is 52.3 Å². The number of fused-ring (bicyclic) bond motifs is 1. The molecule has 0 aliphatic carbocycles. The maximum Gasteiger partial charge on any atom is 0.255 e. The van der Waals surface area contributed by atoms with Crippen molar-refractivity contribution in [2.45, 2.75) is 12.1 Å². The maximum atomic E-state index is 13.2. The fourth-order valence-corrected chi connectivity index (χ4v) is 4.88. The van der Waals surface area contributed by atoms with Crippen molar-refractivity contribution < 1.29 is 14.3 Å². The lowest BCUT2D eigenvalue weighted by Gasteiger charge is -2.35. The van der Waals surface area contributed by atoms with Gasteiger partial charge in [0.1, 0.15) is 11.9 Å². The van der Waals surface area contributed by atoms with Gasteiger partial charge in [0.15, 0.2) is 11.5 Å². The van der Waals surface area contributed by atoms with Crippen molar-refractivity contribution in [1.29, 1.82) is 0 Å². The Morgan fingerprint density at radius 3 is 2.69 bits per heavy atom. The summed E-state index contributed by atoms with van der Waals surface area (Å²) in [4.78, 5) is 23.1. The predicted octanol–water partition coefficient (Wildman–Crippen LogP) is 3.07. The summed E-state index contributed by atoms with van der Waals surface area (Å²) in [5.74, 6) is 1.85. The highest BCUT2D eigenvalue weighted by Crippen LogP contribution is 2.37. The van der Waals surface area contributed by atoms with Crippen molar-refractivity contribution >= 4 is 17.4 Å². The number of ether oxygens (including phenoxy) is 2. The number of carbonyl (C=O) groups is 1. The van der Waals surface area contributed by atoms with Gasteiger partial charge in [-0.1, -0.05) is 24.3 Å². The molecule has 3 aliphatic heterocycles. The Morgan fingerprint density at radius 2 is 1.89 bits per heavy atom. The van der Waals surface area contributed by atoms with Gasteiger partial charge in [-0.2, -0.15) is 0 Å². The minimum absolute atomic E-state index is 0.103. The van der Waals surface area contributed by atoms with Crippen LogP contribution in [-0.2, 0) is 0 Å². The molecule has 8 heteroatoms. The topological polar surface area (TPSA) is 78.4 Å². The molecule has 2 unspecified atom stereocenters. The Labute approximate surface area is 205 Å². The third-order valence-electron chi connectivity index (χ3n) is 6.69. The number of amides is 1. The lowest BCUT2D eigenvalue weighted by Crippen LogP contribution is -2.50. The van der Waals surface area contributed by atoms with E-state index in [0.29, 0.717) is 17.1 Å². The van der Waals surface area contributed by atoms with E-state index in [-0.39, 0.29) is 18.0 Å². The van der Waals surface area contributed by atoms with Crippen molar-refractivity contribution in [3.8, 4) is 11.5 Å². The minimum atomic E-state index is -0.208. The Hall–Kier alpha value is -3.62. The molecule has 2 N–H and O–H groups in total. The first kappa shape index (κ1) is 23.1. The van der Waals surface area contributed by atoms with Gasteiger partial charge in [0.25, 0.3) is 5.91 Å². The van der Waals surface area contributed by atoms with Crippen molar-refractivity contribution in [3.63, 3.8) is 0 Å². The van der Waals surface area contributed by atoms with E-state index in [1.807, 2.05) is 24.3 Å². The molecular weight excluding hydrogens is 442 g/mol. The molecule has 3 aliphatic rings. The van der Waals surface area contributed by atoms with Gasteiger partial charge in [-0.3, -0.25) is 14.7 Å². The second kappa shape index (κ2) is 10.3. The van der Waals surface area contributed by atoms with Crippen molar-refractivity contribution in [1.82, 2.24) is 15.1 Å². The molecule has 0 spiro atoms. The summed E-state index contributed by atoms with van der Waals surface area (Å²) < 4.78 is 10.7. The van der Waals surface area contributed by atoms with E-state index in [1.54, 1.807) is 32.4 Å². The van der Waals surface area contributed by atoms with Crippen LogP contribution in [0.1, 0.15) is 22.0 Å². The summed E-state index contributed by atoms with van der Waals surface area (Å²) in [5, 5.41) is 6.54. The Bertz CT molecular complexity index is 1170. The zero-order valence-corrected chi connectivity index (χ0v) is 20.1. The smallest absolute Gasteiger partial charge is 0.255 e. The number of allylic oxidation sites excluding steroid dienone is 2. The molecular formula is C27H31N5O3. The minimum Gasteiger partial charge on any atom is -0.493 e. The summed E-state index contributed by atoms with van der Waals surface area (Å²) in [6.07, 6.45) is 8.23. The molecule has 35 heavy (non-hydrogen) atoms. The summed E-state index contributed by atoms with van der Waals surface area (Å²) >= 11 is 0. The first-order chi connectivity index (χ1) is 17.2. The number of anilines is 1.